The van der Waals surface area contributed by atoms with E-state index in [4.69, 9.17) is 8.83 Å². The van der Waals surface area contributed by atoms with E-state index < -0.39 is 5.63 Å². The van der Waals surface area contributed by atoms with Crippen molar-refractivity contribution in [1.29, 1.82) is 0 Å². The highest BCUT2D eigenvalue weighted by molar-refractivity contribution is 9.10. The molecule has 0 bridgehead atoms. The highest BCUT2D eigenvalue weighted by atomic mass is 79.9. The Labute approximate surface area is 169 Å². The van der Waals surface area contributed by atoms with Gasteiger partial charge in [-0.2, -0.15) is 0 Å². The molecule has 2 heterocycles. The first-order valence-corrected chi connectivity index (χ1v) is 9.81. The highest BCUT2D eigenvalue weighted by Crippen LogP contribution is 2.27. The molecule has 7 heteroatoms. The first kappa shape index (κ1) is 18.4. The van der Waals surface area contributed by atoms with Crippen LogP contribution < -0.4 is 10.5 Å². The van der Waals surface area contributed by atoms with Crippen LogP contribution in [0.2, 0.25) is 0 Å². The van der Waals surface area contributed by atoms with Gasteiger partial charge < -0.3 is 13.7 Å². The molecule has 0 atom stereocenters. The maximum Gasteiger partial charge on any atom is 0.349 e. The predicted molar refractivity (Wildman–Crippen MR) is 112 cm³/mol. The summed E-state index contributed by atoms with van der Waals surface area (Å²) in [4.78, 5) is 14.7. The number of hydrogen-bond acceptors (Lipinski definition) is 6. The van der Waals surface area contributed by atoms with Gasteiger partial charge in [0.25, 0.3) is 5.89 Å². The molecule has 0 spiro atoms. The van der Waals surface area contributed by atoms with Crippen molar-refractivity contribution in [3.8, 4) is 22.9 Å². The van der Waals surface area contributed by atoms with Gasteiger partial charge in [0.1, 0.15) is 11.1 Å². The van der Waals surface area contributed by atoms with Gasteiger partial charge >= 0.3 is 5.63 Å². The van der Waals surface area contributed by atoms with E-state index in [9.17, 15) is 4.79 Å². The lowest BCUT2D eigenvalue weighted by atomic mass is 10.1. The first-order valence-electron chi connectivity index (χ1n) is 9.01. The minimum atomic E-state index is -0.504. The standard InChI is InChI=1S/C21H18BrN3O3/c1-3-25(4-2)16-10-7-14-11-17(21(26)27-18(14)12-16)20-24-23-19(28-20)13-5-8-15(22)9-6-13/h5-12H,3-4H2,1-2H3. The SMILES string of the molecule is CCN(CC)c1ccc2cc(-c3nnc(-c4ccc(Br)cc4)o3)c(=O)oc2c1. The van der Waals surface area contributed by atoms with E-state index in [2.05, 4.69) is 44.9 Å². The largest absolute Gasteiger partial charge is 0.422 e. The van der Waals surface area contributed by atoms with Crippen LogP contribution in [0.3, 0.4) is 0 Å². The number of halogens is 1. The third-order valence-corrected chi connectivity index (χ3v) is 5.12. The summed E-state index contributed by atoms with van der Waals surface area (Å²) in [6, 6.07) is 15.0. The van der Waals surface area contributed by atoms with E-state index in [1.807, 2.05) is 42.5 Å². The molecule has 0 saturated carbocycles. The molecule has 2 aromatic heterocycles. The number of fused-ring (bicyclic) bond motifs is 1. The van der Waals surface area contributed by atoms with E-state index in [1.54, 1.807) is 6.07 Å². The Kier molecular flexibility index (Phi) is 5.00. The molecule has 2 aromatic carbocycles. The fourth-order valence-electron chi connectivity index (χ4n) is 3.08. The van der Waals surface area contributed by atoms with Crippen molar-refractivity contribution < 1.29 is 8.83 Å². The average molecular weight is 440 g/mol. The fourth-order valence-corrected chi connectivity index (χ4v) is 3.34. The topological polar surface area (TPSA) is 72.4 Å². The van der Waals surface area contributed by atoms with Gasteiger partial charge in [-0.3, -0.25) is 0 Å². The van der Waals surface area contributed by atoms with Gasteiger partial charge in [0, 0.05) is 40.3 Å². The minimum absolute atomic E-state index is 0.140. The van der Waals surface area contributed by atoms with Crippen LogP contribution >= 0.6 is 15.9 Å². The number of benzene rings is 2. The predicted octanol–water partition coefficient (Wildman–Crippen LogP) is 5.12. The molecule has 0 N–H and O–H groups in total. The number of anilines is 1. The molecule has 28 heavy (non-hydrogen) atoms. The number of rotatable bonds is 5. The van der Waals surface area contributed by atoms with Crippen LogP contribution in [0.25, 0.3) is 33.9 Å². The Hall–Kier alpha value is -2.93. The maximum absolute atomic E-state index is 12.5. The Morgan fingerprint density at radius 1 is 0.929 bits per heavy atom. The third kappa shape index (κ3) is 3.45. The molecule has 142 valence electrons. The summed E-state index contributed by atoms with van der Waals surface area (Å²) in [6.45, 7) is 5.94. The Morgan fingerprint density at radius 3 is 2.36 bits per heavy atom. The summed E-state index contributed by atoms with van der Waals surface area (Å²) in [5, 5.41) is 8.88. The molecule has 0 aliphatic heterocycles. The molecule has 0 saturated heterocycles. The first-order chi connectivity index (χ1) is 13.6. The Balaban J connectivity index is 1.73. The molecule has 4 aromatic rings. The average Bonchev–Trinajstić information content (AvgIpc) is 3.19. The number of aromatic nitrogens is 2. The van der Waals surface area contributed by atoms with Crippen LogP contribution in [0.5, 0.6) is 0 Å². The maximum atomic E-state index is 12.5. The van der Waals surface area contributed by atoms with Gasteiger partial charge in [-0.1, -0.05) is 15.9 Å². The molecule has 0 radical (unpaired) electrons. The molecule has 4 rings (SSSR count). The Morgan fingerprint density at radius 2 is 1.64 bits per heavy atom. The van der Waals surface area contributed by atoms with Gasteiger partial charge in [-0.25, -0.2) is 4.79 Å². The van der Waals surface area contributed by atoms with Crippen molar-refractivity contribution in [2.75, 3.05) is 18.0 Å². The molecular weight excluding hydrogens is 422 g/mol. The second-order valence-electron chi connectivity index (χ2n) is 6.26. The van der Waals surface area contributed by atoms with Crippen molar-refractivity contribution in [3.63, 3.8) is 0 Å². The zero-order valence-corrected chi connectivity index (χ0v) is 17.1. The Bertz CT molecular complexity index is 1180. The van der Waals surface area contributed by atoms with Gasteiger partial charge in [-0.05, 0) is 56.3 Å². The molecule has 0 aliphatic carbocycles. The van der Waals surface area contributed by atoms with Crippen molar-refractivity contribution in [2.45, 2.75) is 13.8 Å². The van der Waals surface area contributed by atoms with E-state index in [-0.39, 0.29) is 11.5 Å². The molecule has 0 amide bonds. The van der Waals surface area contributed by atoms with Crippen molar-refractivity contribution >= 4 is 32.6 Å². The summed E-state index contributed by atoms with van der Waals surface area (Å²) in [7, 11) is 0. The van der Waals surface area contributed by atoms with Crippen LogP contribution in [0.15, 0.2) is 66.6 Å². The van der Waals surface area contributed by atoms with E-state index >= 15 is 0 Å². The zero-order chi connectivity index (χ0) is 19.7. The van der Waals surface area contributed by atoms with Crippen molar-refractivity contribution in [3.05, 3.63) is 63.4 Å². The van der Waals surface area contributed by atoms with Gasteiger partial charge in [0.15, 0.2) is 0 Å². The van der Waals surface area contributed by atoms with Crippen molar-refractivity contribution in [2.24, 2.45) is 0 Å². The smallest absolute Gasteiger partial charge is 0.349 e. The van der Waals surface area contributed by atoms with Crippen molar-refractivity contribution in [1.82, 2.24) is 10.2 Å². The number of hydrogen-bond donors (Lipinski definition) is 0. The molecule has 6 nitrogen and oxygen atoms in total. The summed E-state index contributed by atoms with van der Waals surface area (Å²) < 4.78 is 12.2. The molecule has 0 unspecified atom stereocenters. The lowest BCUT2D eigenvalue weighted by Crippen LogP contribution is -2.21. The lowest BCUT2D eigenvalue weighted by Gasteiger charge is -2.20. The zero-order valence-electron chi connectivity index (χ0n) is 15.5. The lowest BCUT2D eigenvalue weighted by molar-refractivity contribution is 0.547. The molecule has 0 aliphatic rings. The highest BCUT2D eigenvalue weighted by Gasteiger charge is 2.16. The summed E-state index contributed by atoms with van der Waals surface area (Å²) in [6.07, 6.45) is 0. The summed E-state index contributed by atoms with van der Waals surface area (Å²) >= 11 is 3.39. The molecule has 0 fully saturated rings. The van der Waals surface area contributed by atoms with E-state index in [1.165, 1.54) is 0 Å². The third-order valence-electron chi connectivity index (χ3n) is 4.59. The van der Waals surface area contributed by atoms with Crippen LogP contribution in [0.4, 0.5) is 5.69 Å². The van der Waals surface area contributed by atoms with Crippen LogP contribution in [-0.2, 0) is 0 Å². The summed E-state index contributed by atoms with van der Waals surface area (Å²) in [5.74, 6) is 0.486. The second-order valence-corrected chi connectivity index (χ2v) is 7.18. The van der Waals surface area contributed by atoms with Gasteiger partial charge in [0.05, 0.1) is 0 Å². The van der Waals surface area contributed by atoms with Gasteiger partial charge in [-0.15, -0.1) is 10.2 Å². The van der Waals surface area contributed by atoms with Crippen LogP contribution in [0.1, 0.15) is 13.8 Å². The minimum Gasteiger partial charge on any atom is -0.422 e. The number of nitrogens with zero attached hydrogens (tertiary/aromatic N) is 3. The molecular formula is C21H18BrN3O3. The second kappa shape index (κ2) is 7.59. The van der Waals surface area contributed by atoms with Crippen LogP contribution in [-0.4, -0.2) is 23.3 Å². The van der Waals surface area contributed by atoms with Gasteiger partial charge in [0.2, 0.25) is 5.89 Å². The van der Waals surface area contributed by atoms with E-state index in [0.717, 1.165) is 34.2 Å². The van der Waals surface area contributed by atoms with E-state index in [0.29, 0.717) is 11.5 Å². The fraction of sp³-hybridized carbons (Fsp3) is 0.190. The van der Waals surface area contributed by atoms with Crippen LogP contribution in [0, 0.1) is 0 Å². The quantitative estimate of drug-likeness (QED) is 0.401. The summed E-state index contributed by atoms with van der Waals surface area (Å²) in [5.41, 5.74) is 2.07. The normalized spacial score (nSPS) is 11.1. The monoisotopic (exact) mass is 439 g/mol.